The number of nitro groups is 1. The number of rotatable bonds is 6. The highest BCUT2D eigenvalue weighted by Crippen LogP contribution is 2.29. The smallest absolute Gasteiger partial charge is 0.283 e. The first-order valence-corrected chi connectivity index (χ1v) is 6.50. The molecule has 17 heavy (non-hydrogen) atoms. The van der Waals surface area contributed by atoms with Crippen LogP contribution in [0.3, 0.4) is 0 Å². The van der Waals surface area contributed by atoms with Gasteiger partial charge in [-0.3, -0.25) is 10.1 Å². The highest BCUT2D eigenvalue weighted by molar-refractivity contribution is 9.10. The largest absolute Gasteiger partial charge is 0.315 e. The fourth-order valence-electron chi connectivity index (χ4n) is 1.72. The van der Waals surface area contributed by atoms with Crippen molar-refractivity contribution in [2.45, 2.75) is 32.7 Å². The zero-order valence-corrected chi connectivity index (χ0v) is 11.7. The molecule has 1 N–H and O–H groups in total. The van der Waals surface area contributed by atoms with Crippen LogP contribution in [0.15, 0.2) is 22.7 Å². The maximum atomic E-state index is 10.8. The standard InChI is InChI=1S/C12H17BrN2O2/c1-3-14-9(2)7-8-10-5-4-6-11(12(10)13)15(16)17/h4-6,9,14H,3,7-8H2,1-2H3. The van der Waals surface area contributed by atoms with Gasteiger partial charge in [0.2, 0.25) is 0 Å². The van der Waals surface area contributed by atoms with E-state index in [1.54, 1.807) is 6.07 Å². The van der Waals surface area contributed by atoms with E-state index in [-0.39, 0.29) is 10.6 Å². The Balaban J connectivity index is 2.72. The number of hydrogen-bond donors (Lipinski definition) is 1. The molecule has 0 bridgehead atoms. The third kappa shape index (κ3) is 4.09. The van der Waals surface area contributed by atoms with Gasteiger partial charge in [-0.2, -0.15) is 0 Å². The lowest BCUT2D eigenvalue weighted by molar-refractivity contribution is -0.385. The molecule has 0 saturated carbocycles. The summed E-state index contributed by atoms with van der Waals surface area (Å²) in [5.74, 6) is 0. The van der Waals surface area contributed by atoms with Crippen LogP contribution in [0.1, 0.15) is 25.8 Å². The summed E-state index contributed by atoms with van der Waals surface area (Å²) in [5.41, 5.74) is 1.13. The van der Waals surface area contributed by atoms with Crippen LogP contribution in [0, 0.1) is 10.1 Å². The van der Waals surface area contributed by atoms with Crippen molar-refractivity contribution in [3.05, 3.63) is 38.3 Å². The van der Waals surface area contributed by atoms with Gasteiger partial charge in [-0.1, -0.05) is 19.1 Å². The number of aryl methyl sites for hydroxylation is 1. The molecule has 0 spiro atoms. The van der Waals surface area contributed by atoms with Gasteiger partial charge < -0.3 is 5.32 Å². The van der Waals surface area contributed by atoms with E-state index >= 15 is 0 Å². The van der Waals surface area contributed by atoms with Crippen LogP contribution >= 0.6 is 15.9 Å². The van der Waals surface area contributed by atoms with Crippen LogP contribution in [0.2, 0.25) is 0 Å². The maximum absolute atomic E-state index is 10.8. The fourth-order valence-corrected chi connectivity index (χ4v) is 2.33. The van der Waals surface area contributed by atoms with E-state index in [4.69, 9.17) is 0 Å². The van der Waals surface area contributed by atoms with E-state index < -0.39 is 0 Å². The van der Waals surface area contributed by atoms with Gasteiger partial charge in [-0.15, -0.1) is 0 Å². The summed E-state index contributed by atoms with van der Waals surface area (Å²) in [5, 5.41) is 14.1. The Bertz CT molecular complexity index is 396. The molecule has 1 unspecified atom stereocenters. The van der Waals surface area contributed by atoms with Gasteiger partial charge in [0.15, 0.2) is 0 Å². The molecular formula is C12H17BrN2O2. The second kappa shape index (κ2) is 6.71. The van der Waals surface area contributed by atoms with Crippen molar-refractivity contribution in [2.75, 3.05) is 6.54 Å². The normalized spacial score (nSPS) is 12.4. The zero-order chi connectivity index (χ0) is 12.8. The molecule has 1 aromatic carbocycles. The Labute approximate surface area is 110 Å². The van der Waals surface area contributed by atoms with Crippen molar-refractivity contribution >= 4 is 21.6 Å². The van der Waals surface area contributed by atoms with Gasteiger partial charge in [-0.05, 0) is 47.8 Å². The maximum Gasteiger partial charge on any atom is 0.283 e. The molecule has 0 heterocycles. The molecule has 1 rings (SSSR count). The summed E-state index contributed by atoms with van der Waals surface area (Å²) >= 11 is 3.31. The lowest BCUT2D eigenvalue weighted by Gasteiger charge is -2.12. The van der Waals surface area contributed by atoms with E-state index in [1.165, 1.54) is 6.07 Å². The van der Waals surface area contributed by atoms with Crippen LogP contribution in [0.4, 0.5) is 5.69 Å². The van der Waals surface area contributed by atoms with Crippen molar-refractivity contribution in [1.82, 2.24) is 5.32 Å². The predicted molar refractivity (Wildman–Crippen MR) is 72.3 cm³/mol. The highest BCUT2D eigenvalue weighted by Gasteiger charge is 2.14. The molecule has 0 radical (unpaired) electrons. The summed E-state index contributed by atoms with van der Waals surface area (Å²) in [6.07, 6.45) is 1.80. The van der Waals surface area contributed by atoms with Gasteiger partial charge in [0, 0.05) is 12.1 Å². The van der Waals surface area contributed by atoms with Crippen molar-refractivity contribution in [1.29, 1.82) is 0 Å². The molecule has 0 aliphatic carbocycles. The molecule has 0 saturated heterocycles. The van der Waals surface area contributed by atoms with Gasteiger partial charge in [0.1, 0.15) is 0 Å². The Hall–Kier alpha value is -0.940. The number of hydrogen-bond acceptors (Lipinski definition) is 3. The molecule has 4 nitrogen and oxygen atoms in total. The van der Waals surface area contributed by atoms with Gasteiger partial charge >= 0.3 is 0 Å². The Morgan fingerprint density at radius 2 is 2.24 bits per heavy atom. The van der Waals surface area contributed by atoms with Gasteiger partial charge in [0.25, 0.3) is 5.69 Å². The van der Waals surface area contributed by atoms with Crippen LogP contribution < -0.4 is 5.32 Å². The van der Waals surface area contributed by atoms with Gasteiger partial charge in [-0.25, -0.2) is 0 Å². The van der Waals surface area contributed by atoms with E-state index in [2.05, 4.69) is 35.1 Å². The minimum absolute atomic E-state index is 0.138. The molecule has 1 aromatic rings. The number of benzene rings is 1. The minimum atomic E-state index is -0.360. The van der Waals surface area contributed by atoms with E-state index in [9.17, 15) is 10.1 Å². The fraction of sp³-hybridized carbons (Fsp3) is 0.500. The third-order valence-corrected chi connectivity index (χ3v) is 3.57. The second-order valence-corrected chi connectivity index (χ2v) is 4.80. The molecule has 0 aromatic heterocycles. The minimum Gasteiger partial charge on any atom is -0.315 e. The van der Waals surface area contributed by atoms with E-state index in [1.807, 2.05) is 6.07 Å². The topological polar surface area (TPSA) is 55.2 Å². The average Bonchev–Trinajstić information content (AvgIpc) is 2.27. The number of halogens is 1. The van der Waals surface area contributed by atoms with E-state index in [0.29, 0.717) is 10.5 Å². The van der Waals surface area contributed by atoms with Crippen molar-refractivity contribution in [3.8, 4) is 0 Å². The summed E-state index contributed by atoms with van der Waals surface area (Å²) in [6.45, 7) is 5.13. The summed E-state index contributed by atoms with van der Waals surface area (Å²) < 4.78 is 0.605. The van der Waals surface area contributed by atoms with Crippen molar-refractivity contribution < 1.29 is 4.92 Å². The molecule has 1 atom stereocenters. The molecule has 94 valence electrons. The van der Waals surface area contributed by atoms with E-state index in [0.717, 1.165) is 24.9 Å². The molecule has 0 aliphatic rings. The Morgan fingerprint density at radius 3 is 2.82 bits per heavy atom. The van der Waals surface area contributed by atoms with Crippen LogP contribution in [0.25, 0.3) is 0 Å². The monoisotopic (exact) mass is 300 g/mol. The lowest BCUT2D eigenvalue weighted by Crippen LogP contribution is -2.25. The predicted octanol–water partition coefficient (Wildman–Crippen LogP) is 3.29. The molecule has 0 fully saturated rings. The van der Waals surface area contributed by atoms with Crippen molar-refractivity contribution in [3.63, 3.8) is 0 Å². The van der Waals surface area contributed by atoms with Crippen molar-refractivity contribution in [2.24, 2.45) is 0 Å². The SMILES string of the molecule is CCNC(C)CCc1cccc([N+](=O)[O-])c1Br. The number of nitro benzene ring substituents is 1. The van der Waals surface area contributed by atoms with Crippen LogP contribution in [-0.2, 0) is 6.42 Å². The average molecular weight is 301 g/mol. The highest BCUT2D eigenvalue weighted by atomic mass is 79.9. The molecular weight excluding hydrogens is 284 g/mol. The second-order valence-electron chi connectivity index (χ2n) is 4.00. The number of nitrogens with one attached hydrogen (secondary N) is 1. The first kappa shape index (κ1) is 14.1. The summed E-state index contributed by atoms with van der Waals surface area (Å²) in [7, 11) is 0. The molecule has 5 heteroatoms. The zero-order valence-electron chi connectivity index (χ0n) is 10.1. The first-order chi connectivity index (χ1) is 8.06. The quantitative estimate of drug-likeness (QED) is 0.648. The number of nitrogens with zero attached hydrogens (tertiary/aromatic N) is 1. The molecule has 0 aliphatic heterocycles. The summed E-state index contributed by atoms with van der Waals surface area (Å²) in [4.78, 5) is 10.4. The Morgan fingerprint density at radius 1 is 1.53 bits per heavy atom. The molecule has 0 amide bonds. The lowest BCUT2D eigenvalue weighted by atomic mass is 10.1. The Kier molecular flexibility index (Phi) is 5.58. The van der Waals surface area contributed by atoms with Gasteiger partial charge in [0.05, 0.1) is 9.40 Å². The third-order valence-electron chi connectivity index (χ3n) is 2.65. The first-order valence-electron chi connectivity index (χ1n) is 5.71. The van der Waals surface area contributed by atoms with Crippen LogP contribution in [0.5, 0.6) is 0 Å². The summed E-state index contributed by atoms with van der Waals surface area (Å²) in [6, 6.07) is 5.60. The van der Waals surface area contributed by atoms with Crippen LogP contribution in [-0.4, -0.2) is 17.5 Å².